The molecule has 1 aromatic carbocycles. The normalized spacial score (nSPS) is 18.4. The van der Waals surface area contributed by atoms with Crippen molar-refractivity contribution in [2.75, 3.05) is 19.7 Å². The molecule has 1 amide bonds. The summed E-state index contributed by atoms with van der Waals surface area (Å²) in [5, 5.41) is 10.3. The molecule has 1 saturated heterocycles. The number of halogens is 1. The number of hydrogen-bond acceptors (Lipinski definition) is 2. The minimum absolute atomic E-state index is 0.00454. The maximum atomic E-state index is 12.5. The Labute approximate surface area is 137 Å². The number of amides is 1. The van der Waals surface area contributed by atoms with Crippen molar-refractivity contribution in [2.45, 2.75) is 33.1 Å². The summed E-state index contributed by atoms with van der Waals surface area (Å²) >= 11 is 5.87. The second-order valence-electron chi connectivity index (χ2n) is 6.18. The number of carbonyl (C=O) groups excluding carboxylic acids is 1. The van der Waals surface area contributed by atoms with E-state index in [0.29, 0.717) is 5.02 Å². The lowest BCUT2D eigenvalue weighted by Gasteiger charge is -2.40. The molecule has 120 valence electrons. The second-order valence-corrected chi connectivity index (χ2v) is 6.62. The first-order chi connectivity index (χ1) is 10.5. The smallest absolute Gasteiger partial charge is 0.249 e. The van der Waals surface area contributed by atoms with Gasteiger partial charge >= 0.3 is 0 Å². The highest BCUT2D eigenvalue weighted by Gasteiger charge is 2.33. The molecule has 0 aromatic heterocycles. The Morgan fingerprint density at radius 2 is 1.91 bits per heavy atom. The van der Waals surface area contributed by atoms with Gasteiger partial charge in [0.2, 0.25) is 5.91 Å². The van der Waals surface area contributed by atoms with Gasteiger partial charge in [-0.1, -0.05) is 30.7 Å². The molecule has 3 nitrogen and oxygen atoms in total. The first-order valence-electron chi connectivity index (χ1n) is 7.84. The Hall–Kier alpha value is -1.32. The van der Waals surface area contributed by atoms with E-state index < -0.39 is 0 Å². The topological polar surface area (TPSA) is 40.5 Å². The molecule has 1 fully saturated rings. The summed E-state index contributed by atoms with van der Waals surface area (Å²) in [5.74, 6) is 0.0811. The van der Waals surface area contributed by atoms with E-state index in [-0.39, 0.29) is 17.9 Å². The van der Waals surface area contributed by atoms with Crippen molar-refractivity contribution >= 4 is 23.6 Å². The zero-order valence-electron chi connectivity index (χ0n) is 13.3. The van der Waals surface area contributed by atoms with Crippen LogP contribution in [0.15, 0.2) is 29.8 Å². The zero-order valence-corrected chi connectivity index (χ0v) is 14.1. The number of aliphatic hydroxyl groups excluding tert-OH is 1. The molecule has 2 rings (SSSR count). The second kappa shape index (κ2) is 7.30. The fourth-order valence-corrected chi connectivity index (χ4v) is 3.05. The van der Waals surface area contributed by atoms with Crippen LogP contribution in [0.3, 0.4) is 0 Å². The Kier molecular flexibility index (Phi) is 5.65. The van der Waals surface area contributed by atoms with Gasteiger partial charge in [-0.15, -0.1) is 0 Å². The Balaban J connectivity index is 2.01. The average Bonchev–Trinajstić information content (AvgIpc) is 2.56. The van der Waals surface area contributed by atoms with Gasteiger partial charge in [0, 0.05) is 30.3 Å². The van der Waals surface area contributed by atoms with Gasteiger partial charge < -0.3 is 10.0 Å². The maximum Gasteiger partial charge on any atom is 0.249 e. The third-order valence-corrected chi connectivity index (χ3v) is 5.04. The molecule has 1 aromatic rings. The molecular weight excluding hydrogens is 298 g/mol. The third-order valence-electron chi connectivity index (χ3n) is 4.79. The van der Waals surface area contributed by atoms with E-state index in [0.717, 1.165) is 43.5 Å². The molecule has 1 heterocycles. The highest BCUT2D eigenvalue weighted by Crippen LogP contribution is 2.34. The van der Waals surface area contributed by atoms with Crippen molar-refractivity contribution < 1.29 is 9.90 Å². The van der Waals surface area contributed by atoms with Crippen LogP contribution in [0.25, 0.3) is 6.08 Å². The van der Waals surface area contributed by atoms with Crippen molar-refractivity contribution in [1.82, 2.24) is 4.90 Å². The van der Waals surface area contributed by atoms with E-state index in [1.165, 1.54) is 0 Å². The summed E-state index contributed by atoms with van der Waals surface area (Å²) in [6, 6.07) is 7.46. The maximum absolute atomic E-state index is 12.5. The highest BCUT2D eigenvalue weighted by atomic mass is 35.5. The Bertz CT molecular complexity index is 537. The minimum Gasteiger partial charge on any atom is -0.396 e. The summed E-state index contributed by atoms with van der Waals surface area (Å²) in [7, 11) is 0. The molecule has 0 saturated carbocycles. The third kappa shape index (κ3) is 3.90. The number of likely N-dealkylation sites (tertiary alicyclic amines) is 1. The molecule has 0 aliphatic carbocycles. The fourth-order valence-electron chi connectivity index (χ4n) is 2.93. The lowest BCUT2D eigenvalue weighted by atomic mass is 9.77. The summed E-state index contributed by atoms with van der Waals surface area (Å²) < 4.78 is 0. The minimum atomic E-state index is 0.00454. The van der Waals surface area contributed by atoms with E-state index in [1.54, 1.807) is 0 Å². The summed E-state index contributed by atoms with van der Waals surface area (Å²) in [5.41, 5.74) is 1.71. The van der Waals surface area contributed by atoms with Gasteiger partial charge in [-0.25, -0.2) is 0 Å². The summed E-state index contributed by atoms with van der Waals surface area (Å²) in [4.78, 5) is 14.4. The molecular formula is C18H24ClNO2. The molecule has 0 spiro atoms. The van der Waals surface area contributed by atoms with Gasteiger partial charge in [-0.3, -0.25) is 4.79 Å². The molecule has 1 N–H and O–H groups in total. The summed E-state index contributed by atoms with van der Waals surface area (Å²) in [6.45, 7) is 5.62. The van der Waals surface area contributed by atoms with Crippen molar-refractivity contribution in [1.29, 1.82) is 0 Å². The van der Waals surface area contributed by atoms with Crippen LogP contribution >= 0.6 is 11.6 Å². The standard InChI is InChI=1S/C18H24ClNO2/c1-3-18(13-21)8-10-20(11-9-18)17(22)14(2)12-15-4-6-16(19)7-5-15/h4-7,12,21H,3,8-11,13H2,1-2H3/b14-12+. The number of rotatable bonds is 4. The van der Waals surface area contributed by atoms with Gasteiger partial charge in [0.1, 0.15) is 0 Å². The SMILES string of the molecule is CCC1(CO)CCN(C(=O)/C(C)=C/c2ccc(Cl)cc2)CC1. The van der Waals surface area contributed by atoms with E-state index in [9.17, 15) is 9.90 Å². The average molecular weight is 322 g/mol. The van der Waals surface area contributed by atoms with Crippen molar-refractivity contribution in [2.24, 2.45) is 5.41 Å². The Morgan fingerprint density at radius 3 is 2.41 bits per heavy atom. The van der Waals surface area contributed by atoms with Crippen LogP contribution in [0, 0.1) is 5.41 Å². The van der Waals surface area contributed by atoms with Crippen LogP contribution in [0.5, 0.6) is 0 Å². The fraction of sp³-hybridized carbons (Fsp3) is 0.500. The van der Waals surface area contributed by atoms with Gasteiger partial charge in [0.15, 0.2) is 0 Å². The largest absolute Gasteiger partial charge is 0.396 e. The number of nitrogens with zero attached hydrogens (tertiary/aromatic N) is 1. The monoisotopic (exact) mass is 321 g/mol. The molecule has 1 aliphatic heterocycles. The van der Waals surface area contributed by atoms with Crippen molar-refractivity contribution in [3.8, 4) is 0 Å². The molecule has 0 atom stereocenters. The molecule has 0 bridgehead atoms. The molecule has 1 aliphatic rings. The molecule has 4 heteroatoms. The van der Waals surface area contributed by atoms with E-state index in [1.807, 2.05) is 42.2 Å². The van der Waals surface area contributed by atoms with Crippen LogP contribution in [0.4, 0.5) is 0 Å². The van der Waals surface area contributed by atoms with E-state index in [4.69, 9.17) is 11.6 Å². The van der Waals surface area contributed by atoms with Crippen LogP contribution in [-0.4, -0.2) is 35.6 Å². The molecule has 0 radical (unpaired) electrons. The molecule has 22 heavy (non-hydrogen) atoms. The van der Waals surface area contributed by atoms with Gasteiger partial charge in [-0.2, -0.15) is 0 Å². The first kappa shape index (κ1) is 17.0. The summed E-state index contributed by atoms with van der Waals surface area (Å²) in [6.07, 6.45) is 4.61. The van der Waals surface area contributed by atoms with E-state index >= 15 is 0 Å². The van der Waals surface area contributed by atoms with Crippen LogP contribution in [0.1, 0.15) is 38.7 Å². The predicted molar refractivity (Wildman–Crippen MR) is 90.7 cm³/mol. The van der Waals surface area contributed by atoms with Crippen LogP contribution < -0.4 is 0 Å². The Morgan fingerprint density at radius 1 is 1.32 bits per heavy atom. The lowest BCUT2D eigenvalue weighted by molar-refractivity contribution is -0.129. The number of benzene rings is 1. The van der Waals surface area contributed by atoms with Gasteiger partial charge in [0.05, 0.1) is 0 Å². The van der Waals surface area contributed by atoms with Gasteiger partial charge in [0.25, 0.3) is 0 Å². The van der Waals surface area contributed by atoms with Crippen LogP contribution in [0.2, 0.25) is 5.02 Å². The number of hydrogen-bond donors (Lipinski definition) is 1. The van der Waals surface area contributed by atoms with E-state index in [2.05, 4.69) is 6.92 Å². The lowest BCUT2D eigenvalue weighted by Crippen LogP contribution is -2.44. The highest BCUT2D eigenvalue weighted by molar-refractivity contribution is 6.30. The van der Waals surface area contributed by atoms with Crippen molar-refractivity contribution in [3.63, 3.8) is 0 Å². The molecule has 0 unspecified atom stereocenters. The first-order valence-corrected chi connectivity index (χ1v) is 8.21. The van der Waals surface area contributed by atoms with Gasteiger partial charge in [-0.05, 0) is 55.4 Å². The van der Waals surface area contributed by atoms with Crippen molar-refractivity contribution in [3.05, 3.63) is 40.4 Å². The predicted octanol–water partition coefficient (Wildman–Crippen LogP) is 3.75. The zero-order chi connectivity index (χ0) is 16.2. The number of aliphatic hydroxyl groups is 1. The van der Waals surface area contributed by atoms with Crippen LogP contribution in [-0.2, 0) is 4.79 Å². The number of carbonyl (C=O) groups is 1. The number of piperidine rings is 1. The quantitative estimate of drug-likeness (QED) is 0.858.